The minimum Gasteiger partial charge on any atom is -0.367 e. The van der Waals surface area contributed by atoms with Crippen LogP contribution in [0, 0.1) is 6.92 Å². The van der Waals surface area contributed by atoms with Crippen LogP contribution in [0.15, 0.2) is 42.5 Å². The molecular weight excluding hydrogens is 346 g/mol. The quantitative estimate of drug-likeness (QED) is 0.863. The monoisotopic (exact) mass is 371 g/mol. The molecule has 5 heteroatoms. The van der Waals surface area contributed by atoms with E-state index in [4.69, 9.17) is 11.6 Å². The molecule has 3 rings (SSSR count). The molecule has 1 N–H and O–H groups in total. The first-order valence-electron chi connectivity index (χ1n) is 9.10. The van der Waals surface area contributed by atoms with Crippen LogP contribution in [0.4, 0.5) is 11.4 Å². The lowest BCUT2D eigenvalue weighted by atomic mass is 10.1. The van der Waals surface area contributed by atoms with Gasteiger partial charge >= 0.3 is 0 Å². The largest absolute Gasteiger partial charge is 0.367 e. The van der Waals surface area contributed by atoms with Gasteiger partial charge in [0.25, 0.3) is 0 Å². The van der Waals surface area contributed by atoms with Crippen LogP contribution in [0.3, 0.4) is 0 Å². The van der Waals surface area contributed by atoms with E-state index < -0.39 is 0 Å². The molecule has 1 amide bonds. The van der Waals surface area contributed by atoms with Gasteiger partial charge in [-0.2, -0.15) is 0 Å². The lowest BCUT2D eigenvalue weighted by Gasteiger charge is -2.35. The van der Waals surface area contributed by atoms with Crippen LogP contribution in [0.5, 0.6) is 0 Å². The molecule has 26 heavy (non-hydrogen) atoms. The highest BCUT2D eigenvalue weighted by Crippen LogP contribution is 2.27. The van der Waals surface area contributed by atoms with Crippen LogP contribution in [-0.4, -0.2) is 44.0 Å². The number of anilines is 2. The zero-order chi connectivity index (χ0) is 18.5. The fourth-order valence-corrected chi connectivity index (χ4v) is 3.37. The third-order valence-corrected chi connectivity index (χ3v) is 5.31. The molecule has 4 nitrogen and oxygen atoms in total. The average Bonchev–Trinajstić information content (AvgIpc) is 2.64. The third kappa shape index (κ3) is 4.77. The van der Waals surface area contributed by atoms with Crippen LogP contribution in [0.25, 0.3) is 0 Å². The van der Waals surface area contributed by atoms with Gasteiger partial charge in [0.05, 0.1) is 11.4 Å². The first-order valence-corrected chi connectivity index (χ1v) is 9.48. The van der Waals surface area contributed by atoms with Crippen molar-refractivity contribution in [2.75, 3.05) is 43.4 Å². The lowest BCUT2D eigenvalue weighted by Crippen LogP contribution is -2.44. The standard InChI is InChI=1S/C21H26ClN3O/c1-16-7-8-17(15-18(16)22)9-10-21(26)23-19-5-3-4-6-20(19)25-13-11-24(2)12-14-25/h3-8,15H,9-14H2,1-2H3,(H,23,26). The number of benzene rings is 2. The van der Waals surface area contributed by atoms with Crippen LogP contribution < -0.4 is 10.2 Å². The second kappa shape index (κ2) is 8.56. The van der Waals surface area contributed by atoms with Crippen molar-refractivity contribution in [3.8, 4) is 0 Å². The zero-order valence-corrected chi connectivity index (χ0v) is 16.2. The Morgan fingerprint density at radius 1 is 1.12 bits per heavy atom. The maximum Gasteiger partial charge on any atom is 0.224 e. The number of para-hydroxylation sites is 2. The van der Waals surface area contributed by atoms with Crippen LogP contribution in [-0.2, 0) is 11.2 Å². The summed E-state index contributed by atoms with van der Waals surface area (Å²) in [7, 11) is 2.14. The fourth-order valence-electron chi connectivity index (χ4n) is 3.16. The summed E-state index contributed by atoms with van der Waals surface area (Å²) in [6.07, 6.45) is 1.12. The lowest BCUT2D eigenvalue weighted by molar-refractivity contribution is -0.116. The minimum absolute atomic E-state index is 0.0308. The Kier molecular flexibility index (Phi) is 6.17. The van der Waals surface area contributed by atoms with Crippen molar-refractivity contribution in [1.29, 1.82) is 0 Å². The molecule has 1 saturated heterocycles. The Labute approximate surface area is 160 Å². The summed E-state index contributed by atoms with van der Waals surface area (Å²) in [6.45, 7) is 6.01. The van der Waals surface area contributed by atoms with Gasteiger partial charge in [-0.25, -0.2) is 0 Å². The SMILES string of the molecule is Cc1ccc(CCC(=O)Nc2ccccc2N2CCN(C)CC2)cc1Cl. The number of hydrogen-bond donors (Lipinski definition) is 1. The fraction of sp³-hybridized carbons (Fsp3) is 0.381. The molecule has 0 aromatic heterocycles. The number of piperazine rings is 1. The second-order valence-electron chi connectivity index (χ2n) is 6.94. The molecule has 138 valence electrons. The molecule has 0 spiro atoms. The van der Waals surface area contributed by atoms with Crippen LogP contribution >= 0.6 is 11.6 Å². The van der Waals surface area contributed by atoms with Gasteiger partial charge in [-0.3, -0.25) is 4.79 Å². The molecule has 1 aliphatic heterocycles. The van der Waals surface area contributed by atoms with Gasteiger partial charge in [-0.05, 0) is 49.7 Å². The number of amides is 1. The molecule has 1 heterocycles. The highest BCUT2D eigenvalue weighted by atomic mass is 35.5. The molecule has 0 saturated carbocycles. The number of likely N-dealkylation sites (N-methyl/N-ethyl adjacent to an activating group) is 1. The molecule has 2 aromatic rings. The Balaban J connectivity index is 1.61. The summed E-state index contributed by atoms with van der Waals surface area (Å²) in [6, 6.07) is 14.0. The van der Waals surface area contributed by atoms with Crippen molar-refractivity contribution in [3.63, 3.8) is 0 Å². The van der Waals surface area contributed by atoms with Gasteiger partial charge in [0, 0.05) is 37.6 Å². The summed E-state index contributed by atoms with van der Waals surface area (Å²) >= 11 is 6.17. The Hall–Kier alpha value is -2.04. The molecule has 1 fully saturated rings. The van der Waals surface area contributed by atoms with Crippen LogP contribution in [0.2, 0.25) is 5.02 Å². The zero-order valence-electron chi connectivity index (χ0n) is 15.5. The summed E-state index contributed by atoms with van der Waals surface area (Å²) < 4.78 is 0. The van der Waals surface area contributed by atoms with Gasteiger partial charge in [0.1, 0.15) is 0 Å². The number of nitrogens with zero attached hydrogens (tertiary/aromatic N) is 2. The van der Waals surface area contributed by atoms with Crippen LogP contribution in [0.1, 0.15) is 17.5 Å². The maximum absolute atomic E-state index is 12.5. The molecule has 0 atom stereocenters. The van der Waals surface area contributed by atoms with E-state index in [9.17, 15) is 4.79 Å². The number of hydrogen-bond acceptors (Lipinski definition) is 3. The van der Waals surface area contributed by atoms with Crippen molar-refractivity contribution < 1.29 is 4.79 Å². The van der Waals surface area contributed by atoms with E-state index in [2.05, 4.69) is 28.2 Å². The number of rotatable bonds is 5. The Morgan fingerprint density at radius 2 is 1.85 bits per heavy atom. The van der Waals surface area contributed by atoms with Crippen molar-refractivity contribution in [1.82, 2.24) is 4.90 Å². The second-order valence-corrected chi connectivity index (χ2v) is 7.35. The van der Waals surface area contributed by atoms with Crippen molar-refractivity contribution >= 4 is 28.9 Å². The normalized spacial score (nSPS) is 15.1. The topological polar surface area (TPSA) is 35.6 Å². The Morgan fingerprint density at radius 3 is 2.58 bits per heavy atom. The molecular formula is C21H26ClN3O. The highest BCUT2D eigenvalue weighted by Gasteiger charge is 2.17. The van der Waals surface area contributed by atoms with E-state index in [0.717, 1.165) is 53.7 Å². The van der Waals surface area contributed by atoms with Gasteiger partial charge in [-0.15, -0.1) is 0 Å². The third-order valence-electron chi connectivity index (χ3n) is 4.90. The molecule has 0 bridgehead atoms. The van der Waals surface area contributed by atoms with Gasteiger partial charge in [0.2, 0.25) is 5.91 Å². The smallest absolute Gasteiger partial charge is 0.224 e. The predicted molar refractivity (Wildman–Crippen MR) is 109 cm³/mol. The van der Waals surface area contributed by atoms with Gasteiger partial charge in [-0.1, -0.05) is 35.9 Å². The molecule has 0 unspecified atom stereocenters. The first kappa shape index (κ1) is 18.7. The van der Waals surface area contributed by atoms with E-state index in [0.29, 0.717) is 12.8 Å². The van der Waals surface area contributed by atoms with Crippen molar-refractivity contribution in [2.24, 2.45) is 0 Å². The summed E-state index contributed by atoms with van der Waals surface area (Å²) in [5.41, 5.74) is 4.14. The number of halogens is 1. The molecule has 0 radical (unpaired) electrons. The van der Waals surface area contributed by atoms with E-state index in [1.807, 2.05) is 43.3 Å². The number of nitrogens with one attached hydrogen (secondary N) is 1. The van der Waals surface area contributed by atoms with Crippen molar-refractivity contribution in [3.05, 3.63) is 58.6 Å². The number of carbonyl (C=O) groups excluding carboxylic acids is 1. The maximum atomic E-state index is 12.5. The van der Waals surface area contributed by atoms with E-state index >= 15 is 0 Å². The number of aryl methyl sites for hydroxylation is 2. The van der Waals surface area contributed by atoms with Gasteiger partial charge in [0.15, 0.2) is 0 Å². The molecule has 0 aliphatic carbocycles. The van der Waals surface area contributed by atoms with Crippen molar-refractivity contribution in [2.45, 2.75) is 19.8 Å². The predicted octanol–water partition coefficient (Wildman–Crippen LogP) is 3.97. The number of carbonyl (C=O) groups is 1. The molecule has 2 aromatic carbocycles. The van der Waals surface area contributed by atoms with E-state index in [1.165, 1.54) is 0 Å². The Bertz CT molecular complexity index is 770. The van der Waals surface area contributed by atoms with E-state index in [-0.39, 0.29) is 5.91 Å². The summed E-state index contributed by atoms with van der Waals surface area (Å²) in [4.78, 5) is 17.1. The highest BCUT2D eigenvalue weighted by molar-refractivity contribution is 6.31. The average molecular weight is 372 g/mol. The molecule has 1 aliphatic rings. The van der Waals surface area contributed by atoms with Gasteiger partial charge < -0.3 is 15.1 Å². The minimum atomic E-state index is 0.0308. The first-order chi connectivity index (χ1) is 12.5. The van der Waals surface area contributed by atoms with E-state index in [1.54, 1.807) is 0 Å². The summed E-state index contributed by atoms with van der Waals surface area (Å²) in [5, 5.41) is 3.84. The summed E-state index contributed by atoms with van der Waals surface area (Å²) in [5.74, 6) is 0.0308.